The van der Waals surface area contributed by atoms with E-state index in [4.69, 9.17) is 9.47 Å². The Morgan fingerprint density at radius 2 is 2.15 bits per heavy atom. The van der Waals surface area contributed by atoms with E-state index in [-0.39, 0.29) is 17.8 Å². The topological polar surface area (TPSA) is 35.5 Å². The van der Waals surface area contributed by atoms with Gasteiger partial charge in [-0.25, -0.2) is 0 Å². The number of allylic oxidation sites excluding steroid dienone is 1. The van der Waals surface area contributed by atoms with Crippen LogP contribution in [0.3, 0.4) is 0 Å². The molecule has 0 aromatic heterocycles. The van der Waals surface area contributed by atoms with Gasteiger partial charge in [0, 0.05) is 12.3 Å². The standard InChI is InChI=1S/C17H26O3/c1-10(2)13-7-11(3)17(4,14(18)8-13)15-9-12-5-6-19-16(12)20-15/h11-13,15-16H,1,5-9H2,2-4H3/t11-,12+,13-,15+,16-,17+/m1/s1. The first-order chi connectivity index (χ1) is 9.42. The fourth-order valence-electron chi connectivity index (χ4n) is 4.21. The maximum Gasteiger partial charge on any atom is 0.160 e. The molecule has 0 aromatic carbocycles. The van der Waals surface area contributed by atoms with E-state index in [1.165, 1.54) is 0 Å². The number of hydrogen-bond acceptors (Lipinski definition) is 3. The molecule has 0 bridgehead atoms. The summed E-state index contributed by atoms with van der Waals surface area (Å²) < 4.78 is 11.7. The largest absolute Gasteiger partial charge is 0.352 e. The van der Waals surface area contributed by atoms with Crippen LogP contribution in [0.4, 0.5) is 0 Å². The van der Waals surface area contributed by atoms with Gasteiger partial charge in [0.2, 0.25) is 0 Å². The molecule has 3 rings (SSSR count). The van der Waals surface area contributed by atoms with Crippen molar-refractivity contribution in [3.63, 3.8) is 0 Å². The Hall–Kier alpha value is -0.670. The van der Waals surface area contributed by atoms with Crippen LogP contribution < -0.4 is 0 Å². The molecule has 112 valence electrons. The smallest absolute Gasteiger partial charge is 0.160 e. The SMILES string of the molecule is C=C(C)[C@H]1CC(=O)[C@@](C)([C@@H]2C[C@@H]3CCO[C@@H]3O2)[C@H](C)C1. The van der Waals surface area contributed by atoms with Crippen LogP contribution in [0.2, 0.25) is 0 Å². The molecule has 0 radical (unpaired) electrons. The monoisotopic (exact) mass is 278 g/mol. The van der Waals surface area contributed by atoms with Gasteiger partial charge in [-0.05, 0) is 44.9 Å². The fourth-order valence-corrected chi connectivity index (χ4v) is 4.21. The van der Waals surface area contributed by atoms with E-state index in [0.29, 0.717) is 30.0 Å². The molecule has 1 aliphatic carbocycles. The second kappa shape index (κ2) is 4.96. The van der Waals surface area contributed by atoms with Gasteiger partial charge in [0.15, 0.2) is 6.29 Å². The minimum atomic E-state index is -0.348. The van der Waals surface area contributed by atoms with E-state index >= 15 is 0 Å². The van der Waals surface area contributed by atoms with Gasteiger partial charge in [-0.2, -0.15) is 0 Å². The maximum absolute atomic E-state index is 12.8. The van der Waals surface area contributed by atoms with Gasteiger partial charge in [-0.15, -0.1) is 0 Å². The summed E-state index contributed by atoms with van der Waals surface area (Å²) in [4.78, 5) is 12.8. The summed E-state index contributed by atoms with van der Waals surface area (Å²) in [5, 5.41) is 0. The third-order valence-electron chi connectivity index (χ3n) is 6.03. The zero-order valence-electron chi connectivity index (χ0n) is 12.9. The molecular formula is C17H26O3. The molecule has 1 saturated carbocycles. The van der Waals surface area contributed by atoms with Crippen molar-refractivity contribution in [3.05, 3.63) is 12.2 Å². The minimum absolute atomic E-state index is 0.0337. The van der Waals surface area contributed by atoms with Crippen molar-refractivity contribution in [2.45, 2.75) is 58.8 Å². The van der Waals surface area contributed by atoms with Gasteiger partial charge in [-0.1, -0.05) is 19.1 Å². The van der Waals surface area contributed by atoms with E-state index < -0.39 is 0 Å². The molecule has 3 fully saturated rings. The minimum Gasteiger partial charge on any atom is -0.352 e. The van der Waals surface area contributed by atoms with Crippen molar-refractivity contribution >= 4 is 5.78 Å². The molecule has 0 unspecified atom stereocenters. The Kier molecular flexibility index (Phi) is 3.54. The summed E-state index contributed by atoms with van der Waals surface area (Å²) in [7, 11) is 0. The zero-order valence-corrected chi connectivity index (χ0v) is 12.9. The summed E-state index contributed by atoms with van der Waals surface area (Å²) in [6, 6.07) is 0. The highest BCUT2D eigenvalue weighted by Crippen LogP contribution is 2.51. The first kappa shape index (κ1) is 14.3. The Morgan fingerprint density at radius 1 is 1.40 bits per heavy atom. The Balaban J connectivity index is 1.78. The van der Waals surface area contributed by atoms with Gasteiger partial charge in [0.05, 0.1) is 18.1 Å². The van der Waals surface area contributed by atoms with E-state index in [9.17, 15) is 4.79 Å². The van der Waals surface area contributed by atoms with Crippen molar-refractivity contribution in [1.82, 2.24) is 0 Å². The number of carbonyl (C=O) groups is 1. The van der Waals surface area contributed by atoms with Gasteiger partial charge < -0.3 is 9.47 Å². The number of fused-ring (bicyclic) bond motifs is 1. The third-order valence-corrected chi connectivity index (χ3v) is 6.03. The average molecular weight is 278 g/mol. The predicted molar refractivity (Wildman–Crippen MR) is 77.2 cm³/mol. The molecule has 3 nitrogen and oxygen atoms in total. The van der Waals surface area contributed by atoms with Crippen molar-refractivity contribution in [2.75, 3.05) is 6.61 Å². The van der Waals surface area contributed by atoms with E-state index in [2.05, 4.69) is 20.4 Å². The van der Waals surface area contributed by atoms with Gasteiger partial charge >= 0.3 is 0 Å². The van der Waals surface area contributed by atoms with Crippen molar-refractivity contribution in [1.29, 1.82) is 0 Å². The number of carbonyl (C=O) groups excluding carboxylic acids is 1. The van der Waals surface area contributed by atoms with E-state index in [1.54, 1.807) is 0 Å². The molecule has 20 heavy (non-hydrogen) atoms. The second-order valence-corrected chi connectivity index (χ2v) is 7.24. The first-order valence-corrected chi connectivity index (χ1v) is 7.88. The number of ketones is 1. The van der Waals surface area contributed by atoms with Crippen LogP contribution in [0.15, 0.2) is 12.2 Å². The number of ether oxygens (including phenoxy) is 2. The van der Waals surface area contributed by atoms with Crippen molar-refractivity contribution < 1.29 is 14.3 Å². The molecule has 3 heteroatoms. The molecule has 0 N–H and O–H groups in total. The molecule has 0 amide bonds. The Morgan fingerprint density at radius 3 is 2.75 bits per heavy atom. The normalized spacial score (nSPS) is 48.4. The van der Waals surface area contributed by atoms with Gasteiger partial charge in [0.1, 0.15) is 5.78 Å². The van der Waals surface area contributed by atoms with Crippen LogP contribution >= 0.6 is 0 Å². The molecule has 6 atom stereocenters. The molecule has 3 aliphatic rings. The lowest BCUT2D eigenvalue weighted by molar-refractivity contribution is -0.169. The van der Waals surface area contributed by atoms with Crippen LogP contribution in [0, 0.1) is 23.2 Å². The fraction of sp³-hybridized carbons (Fsp3) is 0.824. The lowest BCUT2D eigenvalue weighted by Gasteiger charge is -2.45. The van der Waals surface area contributed by atoms with E-state index in [1.807, 2.05) is 6.92 Å². The zero-order chi connectivity index (χ0) is 14.5. The molecule has 2 saturated heterocycles. The summed E-state index contributed by atoms with van der Waals surface area (Å²) in [6.45, 7) is 11.2. The number of hydrogen-bond donors (Lipinski definition) is 0. The highest BCUT2D eigenvalue weighted by Gasteiger charge is 2.55. The van der Waals surface area contributed by atoms with Crippen LogP contribution in [0.5, 0.6) is 0 Å². The lowest BCUT2D eigenvalue weighted by atomic mass is 9.60. The highest BCUT2D eigenvalue weighted by molar-refractivity contribution is 5.86. The summed E-state index contributed by atoms with van der Waals surface area (Å²) >= 11 is 0. The first-order valence-electron chi connectivity index (χ1n) is 7.88. The Labute approximate surface area is 121 Å². The Bertz CT molecular complexity index is 418. The van der Waals surface area contributed by atoms with Crippen molar-refractivity contribution in [2.24, 2.45) is 23.2 Å². The van der Waals surface area contributed by atoms with Crippen LogP contribution in [0.25, 0.3) is 0 Å². The molecular weight excluding hydrogens is 252 g/mol. The van der Waals surface area contributed by atoms with Crippen molar-refractivity contribution in [3.8, 4) is 0 Å². The quantitative estimate of drug-likeness (QED) is 0.727. The summed E-state index contributed by atoms with van der Waals surface area (Å²) in [5.41, 5.74) is 0.791. The average Bonchev–Trinajstić information content (AvgIpc) is 2.95. The van der Waals surface area contributed by atoms with Gasteiger partial charge in [-0.3, -0.25) is 4.79 Å². The maximum atomic E-state index is 12.8. The highest BCUT2D eigenvalue weighted by atomic mass is 16.7. The molecule has 2 aliphatic heterocycles. The van der Waals surface area contributed by atoms with Gasteiger partial charge in [0.25, 0.3) is 0 Å². The van der Waals surface area contributed by atoms with Crippen LogP contribution in [0.1, 0.15) is 46.5 Å². The van der Waals surface area contributed by atoms with Crippen LogP contribution in [-0.2, 0) is 14.3 Å². The number of Topliss-reactive ketones (excluding diaryl/α,β-unsaturated/α-hetero) is 1. The molecule has 0 aromatic rings. The summed E-state index contributed by atoms with van der Waals surface area (Å²) in [5.74, 6) is 1.54. The predicted octanol–water partition coefficient (Wildman–Crippen LogP) is 3.34. The molecule has 2 heterocycles. The second-order valence-electron chi connectivity index (χ2n) is 7.24. The molecule has 0 spiro atoms. The number of rotatable bonds is 2. The summed E-state index contributed by atoms with van der Waals surface area (Å²) in [6.07, 6.45) is 3.71. The van der Waals surface area contributed by atoms with Crippen LogP contribution in [-0.4, -0.2) is 24.8 Å². The lowest BCUT2D eigenvalue weighted by Crippen LogP contribution is -2.49. The van der Waals surface area contributed by atoms with E-state index in [0.717, 1.165) is 31.4 Å². The third kappa shape index (κ3) is 2.06.